The molecule has 7 heteroatoms. The van der Waals surface area contributed by atoms with E-state index in [0.717, 1.165) is 69.2 Å². The van der Waals surface area contributed by atoms with Crippen LogP contribution in [0.4, 0.5) is 0 Å². The van der Waals surface area contributed by atoms with Crippen LogP contribution >= 0.6 is 0 Å². The highest BCUT2D eigenvalue weighted by atomic mass is 16.5. The number of guanidine groups is 1. The van der Waals surface area contributed by atoms with Crippen molar-refractivity contribution in [2.45, 2.75) is 52.1 Å². The van der Waals surface area contributed by atoms with Gasteiger partial charge in [0.15, 0.2) is 5.96 Å². The molecular weight excluding hydrogens is 354 g/mol. The summed E-state index contributed by atoms with van der Waals surface area (Å²) in [6.07, 6.45) is 7.09. The number of aromatic nitrogens is 2. The van der Waals surface area contributed by atoms with Crippen LogP contribution in [0.25, 0.3) is 0 Å². The van der Waals surface area contributed by atoms with Gasteiger partial charge in [0.05, 0.1) is 24.6 Å². The maximum Gasteiger partial charge on any atom is 0.191 e. The quantitative estimate of drug-likeness (QED) is 0.393. The molecule has 0 aliphatic carbocycles. The maximum atomic E-state index is 5.69. The molecule has 1 saturated heterocycles. The van der Waals surface area contributed by atoms with E-state index in [1.54, 1.807) is 6.26 Å². The average molecular weight is 388 g/mol. The molecule has 1 unspecified atom stereocenters. The van der Waals surface area contributed by atoms with Crippen molar-refractivity contribution in [1.82, 2.24) is 20.4 Å². The van der Waals surface area contributed by atoms with Crippen molar-refractivity contribution < 1.29 is 9.15 Å². The van der Waals surface area contributed by atoms with Crippen molar-refractivity contribution in [1.29, 1.82) is 0 Å². The highest BCUT2D eigenvalue weighted by Gasteiger charge is 2.15. The SMILES string of the molecule is Cc1nn(C)c(C)c1CCCNC(=NCC1CCCO1)NCCc1ccco1. The van der Waals surface area contributed by atoms with E-state index < -0.39 is 0 Å². The maximum absolute atomic E-state index is 5.69. The van der Waals surface area contributed by atoms with Gasteiger partial charge in [-0.15, -0.1) is 0 Å². The van der Waals surface area contributed by atoms with Crippen LogP contribution in [-0.4, -0.2) is 48.1 Å². The zero-order chi connectivity index (χ0) is 19.8. The van der Waals surface area contributed by atoms with Crippen molar-refractivity contribution >= 4 is 5.96 Å². The van der Waals surface area contributed by atoms with Gasteiger partial charge in [0.2, 0.25) is 0 Å². The lowest BCUT2D eigenvalue weighted by molar-refractivity contribution is 0.117. The molecule has 1 aliphatic rings. The minimum absolute atomic E-state index is 0.254. The number of rotatable bonds is 9. The molecule has 2 aromatic heterocycles. The number of aryl methyl sites for hydroxylation is 2. The molecule has 0 saturated carbocycles. The van der Waals surface area contributed by atoms with Crippen molar-refractivity contribution in [3.63, 3.8) is 0 Å². The third-order valence-electron chi connectivity index (χ3n) is 5.28. The predicted molar refractivity (Wildman–Crippen MR) is 111 cm³/mol. The summed E-state index contributed by atoms with van der Waals surface area (Å²) < 4.78 is 13.1. The molecule has 3 rings (SSSR count). The number of furan rings is 1. The first kappa shape index (κ1) is 20.5. The molecule has 0 bridgehead atoms. The Bertz CT molecular complexity index is 745. The average Bonchev–Trinajstić information content (AvgIpc) is 3.42. The molecule has 1 fully saturated rings. The smallest absolute Gasteiger partial charge is 0.191 e. The first-order chi connectivity index (χ1) is 13.6. The second-order valence-electron chi connectivity index (χ2n) is 7.38. The first-order valence-corrected chi connectivity index (χ1v) is 10.3. The number of hydrogen-bond acceptors (Lipinski definition) is 4. The van der Waals surface area contributed by atoms with Crippen molar-refractivity contribution in [2.75, 3.05) is 26.2 Å². The Morgan fingerprint density at radius 1 is 1.29 bits per heavy atom. The predicted octanol–water partition coefficient (Wildman–Crippen LogP) is 2.52. The van der Waals surface area contributed by atoms with Crippen LogP contribution < -0.4 is 10.6 Å². The van der Waals surface area contributed by atoms with Gasteiger partial charge in [-0.3, -0.25) is 9.67 Å². The van der Waals surface area contributed by atoms with Crippen LogP contribution in [0.1, 0.15) is 42.0 Å². The van der Waals surface area contributed by atoms with E-state index in [1.807, 2.05) is 23.9 Å². The Hall–Kier alpha value is -2.28. The van der Waals surface area contributed by atoms with Gasteiger partial charge in [-0.25, -0.2) is 0 Å². The number of hydrogen-bond donors (Lipinski definition) is 2. The molecule has 0 aromatic carbocycles. The number of nitrogens with zero attached hydrogens (tertiary/aromatic N) is 3. The minimum Gasteiger partial charge on any atom is -0.469 e. The molecule has 1 aliphatic heterocycles. The minimum atomic E-state index is 0.254. The monoisotopic (exact) mass is 387 g/mol. The number of nitrogens with one attached hydrogen (secondary N) is 2. The molecule has 1 atom stereocenters. The van der Waals surface area contributed by atoms with E-state index in [2.05, 4.69) is 29.6 Å². The molecule has 154 valence electrons. The number of ether oxygens (including phenoxy) is 1. The summed E-state index contributed by atoms with van der Waals surface area (Å²) in [6.45, 7) is 7.43. The third kappa shape index (κ3) is 5.86. The zero-order valence-corrected chi connectivity index (χ0v) is 17.3. The van der Waals surface area contributed by atoms with E-state index in [4.69, 9.17) is 14.1 Å². The highest BCUT2D eigenvalue weighted by molar-refractivity contribution is 5.79. The molecule has 0 amide bonds. The topological polar surface area (TPSA) is 76.6 Å². The summed E-state index contributed by atoms with van der Waals surface area (Å²) in [5.74, 6) is 1.83. The third-order valence-corrected chi connectivity index (χ3v) is 5.28. The van der Waals surface area contributed by atoms with Crippen LogP contribution in [0.15, 0.2) is 27.8 Å². The normalized spacial score (nSPS) is 17.2. The second-order valence-corrected chi connectivity index (χ2v) is 7.38. The Morgan fingerprint density at radius 3 is 2.82 bits per heavy atom. The van der Waals surface area contributed by atoms with Crippen molar-refractivity contribution in [3.8, 4) is 0 Å². The van der Waals surface area contributed by atoms with Crippen LogP contribution in [0.5, 0.6) is 0 Å². The molecule has 0 spiro atoms. The summed E-state index contributed by atoms with van der Waals surface area (Å²) in [5, 5.41) is 11.4. The van der Waals surface area contributed by atoms with Crippen molar-refractivity contribution in [2.24, 2.45) is 12.0 Å². The lowest BCUT2D eigenvalue weighted by atomic mass is 10.1. The standard InChI is InChI=1S/C21H33N5O2/c1-16-20(17(2)26(3)25-16)9-4-11-22-21(24-15-19-8-6-14-28-19)23-12-10-18-7-5-13-27-18/h5,7,13,19H,4,6,8-12,14-15H2,1-3H3,(H2,22,23,24). The van der Waals surface area contributed by atoms with E-state index in [0.29, 0.717) is 6.54 Å². The van der Waals surface area contributed by atoms with Crippen LogP contribution in [0, 0.1) is 13.8 Å². The Labute approximate surface area is 167 Å². The molecule has 28 heavy (non-hydrogen) atoms. The van der Waals surface area contributed by atoms with E-state index in [-0.39, 0.29) is 6.10 Å². The van der Waals surface area contributed by atoms with Crippen LogP contribution in [-0.2, 0) is 24.6 Å². The molecule has 7 nitrogen and oxygen atoms in total. The largest absolute Gasteiger partial charge is 0.469 e. The van der Waals surface area contributed by atoms with E-state index in [9.17, 15) is 0 Å². The number of aliphatic imine (C=N–C) groups is 1. The fourth-order valence-corrected chi connectivity index (χ4v) is 3.57. The van der Waals surface area contributed by atoms with Gasteiger partial charge in [0.25, 0.3) is 0 Å². The van der Waals surface area contributed by atoms with Gasteiger partial charge in [0, 0.05) is 38.9 Å². The van der Waals surface area contributed by atoms with Gasteiger partial charge < -0.3 is 19.8 Å². The van der Waals surface area contributed by atoms with E-state index in [1.165, 1.54) is 11.3 Å². The lowest BCUT2D eigenvalue weighted by Gasteiger charge is -2.14. The summed E-state index contributed by atoms with van der Waals surface area (Å²) in [4.78, 5) is 4.73. The molecular formula is C21H33N5O2. The molecule has 2 aromatic rings. The van der Waals surface area contributed by atoms with Gasteiger partial charge in [0.1, 0.15) is 5.76 Å². The Kier molecular flexibility index (Phi) is 7.54. The van der Waals surface area contributed by atoms with E-state index >= 15 is 0 Å². The van der Waals surface area contributed by atoms with Gasteiger partial charge in [-0.05, 0) is 57.2 Å². The fourth-order valence-electron chi connectivity index (χ4n) is 3.57. The fraction of sp³-hybridized carbons (Fsp3) is 0.619. The van der Waals surface area contributed by atoms with Crippen molar-refractivity contribution in [3.05, 3.63) is 41.1 Å². The Balaban J connectivity index is 1.46. The molecule has 2 N–H and O–H groups in total. The highest BCUT2D eigenvalue weighted by Crippen LogP contribution is 2.14. The summed E-state index contributed by atoms with van der Waals surface area (Å²) >= 11 is 0. The summed E-state index contributed by atoms with van der Waals surface area (Å²) in [5.41, 5.74) is 3.73. The van der Waals surface area contributed by atoms with Gasteiger partial charge in [-0.1, -0.05) is 0 Å². The summed E-state index contributed by atoms with van der Waals surface area (Å²) in [6, 6.07) is 3.92. The van der Waals surface area contributed by atoms with Gasteiger partial charge in [-0.2, -0.15) is 5.10 Å². The van der Waals surface area contributed by atoms with Crippen LogP contribution in [0.3, 0.4) is 0 Å². The van der Waals surface area contributed by atoms with Gasteiger partial charge >= 0.3 is 0 Å². The summed E-state index contributed by atoms with van der Waals surface area (Å²) in [7, 11) is 2.00. The second kappa shape index (κ2) is 10.3. The lowest BCUT2D eigenvalue weighted by Crippen LogP contribution is -2.39. The Morgan fingerprint density at radius 2 is 2.14 bits per heavy atom. The van der Waals surface area contributed by atoms with Crippen LogP contribution in [0.2, 0.25) is 0 Å². The molecule has 3 heterocycles. The zero-order valence-electron chi connectivity index (χ0n) is 17.3. The first-order valence-electron chi connectivity index (χ1n) is 10.3. The molecule has 0 radical (unpaired) electrons.